The molecular formula is C48H88O8. The van der Waals surface area contributed by atoms with E-state index in [1.54, 1.807) is 12.2 Å². The van der Waals surface area contributed by atoms with E-state index in [4.69, 9.17) is 9.47 Å². The van der Waals surface area contributed by atoms with Crippen molar-refractivity contribution >= 4 is 17.7 Å². The number of hydrogen-bond acceptors (Lipinski definition) is 8. The molecule has 0 aliphatic heterocycles. The zero-order chi connectivity index (χ0) is 41.1. The van der Waals surface area contributed by atoms with E-state index < -0.39 is 30.9 Å². The van der Waals surface area contributed by atoms with E-state index in [9.17, 15) is 29.7 Å². The van der Waals surface area contributed by atoms with Gasteiger partial charge in [-0.25, -0.2) is 0 Å². The molecule has 1 unspecified atom stereocenters. The number of ether oxygens (including phenoxy) is 2. The highest BCUT2D eigenvalue weighted by atomic mass is 16.6. The molecule has 1 aliphatic carbocycles. The molecule has 0 aromatic rings. The van der Waals surface area contributed by atoms with Gasteiger partial charge in [0.15, 0.2) is 6.10 Å². The summed E-state index contributed by atoms with van der Waals surface area (Å²) in [5, 5.41) is 30.3. The van der Waals surface area contributed by atoms with Crippen molar-refractivity contribution in [2.45, 2.75) is 245 Å². The Hall–Kier alpha value is -1.77. The fourth-order valence-corrected chi connectivity index (χ4v) is 7.97. The van der Waals surface area contributed by atoms with Gasteiger partial charge in [0, 0.05) is 25.2 Å². The quantitative estimate of drug-likeness (QED) is 0.0319. The Morgan fingerprint density at radius 2 is 1.18 bits per heavy atom. The van der Waals surface area contributed by atoms with Crippen molar-refractivity contribution in [1.29, 1.82) is 0 Å². The molecule has 328 valence electrons. The monoisotopic (exact) mass is 793 g/mol. The summed E-state index contributed by atoms with van der Waals surface area (Å²) in [4.78, 5) is 37.0. The highest BCUT2D eigenvalue weighted by molar-refractivity contribution is 5.86. The van der Waals surface area contributed by atoms with Crippen molar-refractivity contribution in [1.82, 2.24) is 0 Å². The highest BCUT2D eigenvalue weighted by Crippen LogP contribution is 2.34. The van der Waals surface area contributed by atoms with E-state index in [0.717, 1.165) is 70.1 Å². The lowest BCUT2D eigenvalue weighted by molar-refractivity contribution is -0.161. The molecule has 1 saturated carbocycles. The largest absolute Gasteiger partial charge is 0.462 e. The molecule has 0 bridgehead atoms. The standard InChI is InChI=1S/C48H88O8/c1-4-6-25-31-41(50)35-36-44-43(45(51)37-46(44)52)32-27-23-24-29-34-48(54)56-42(38-49)39-55-47(53)33-28-22-20-18-16-14-12-10-8-7-9-11-13-15-17-19-21-26-30-40(3)5-2/h35-36,40-45,49-51H,4-34,37-39H2,1-3H3/b36-35+/t40?,41-,42-,43+,44+,45-/m0/s1. The van der Waals surface area contributed by atoms with Crippen LogP contribution in [0.1, 0.15) is 226 Å². The third-order valence-electron chi connectivity index (χ3n) is 12.0. The van der Waals surface area contributed by atoms with E-state index >= 15 is 0 Å². The van der Waals surface area contributed by atoms with Gasteiger partial charge in [-0.1, -0.05) is 193 Å². The fraction of sp³-hybridized carbons (Fsp3) is 0.896. The van der Waals surface area contributed by atoms with Crippen molar-refractivity contribution in [3.05, 3.63) is 12.2 Å². The van der Waals surface area contributed by atoms with Gasteiger partial charge in [-0.2, -0.15) is 0 Å². The zero-order valence-corrected chi connectivity index (χ0v) is 36.5. The highest BCUT2D eigenvalue weighted by Gasteiger charge is 2.39. The number of aliphatic hydroxyl groups excluding tert-OH is 3. The van der Waals surface area contributed by atoms with Gasteiger partial charge in [-0.3, -0.25) is 14.4 Å². The van der Waals surface area contributed by atoms with Crippen molar-refractivity contribution in [2.75, 3.05) is 13.2 Å². The predicted molar refractivity (Wildman–Crippen MR) is 229 cm³/mol. The second-order valence-electron chi connectivity index (χ2n) is 17.2. The molecule has 0 aromatic carbocycles. The Kier molecular flexibility index (Phi) is 33.9. The third kappa shape index (κ3) is 28.6. The molecule has 0 aromatic heterocycles. The molecule has 1 aliphatic rings. The maximum Gasteiger partial charge on any atom is 0.306 e. The van der Waals surface area contributed by atoms with E-state index in [1.165, 1.54) is 109 Å². The van der Waals surface area contributed by atoms with Crippen molar-refractivity contribution in [2.24, 2.45) is 17.8 Å². The lowest BCUT2D eigenvalue weighted by Crippen LogP contribution is -2.28. The van der Waals surface area contributed by atoms with Crippen LogP contribution >= 0.6 is 0 Å². The van der Waals surface area contributed by atoms with Gasteiger partial charge in [0.25, 0.3) is 0 Å². The van der Waals surface area contributed by atoms with Crippen LogP contribution in [-0.4, -0.2) is 64.6 Å². The van der Waals surface area contributed by atoms with Crippen LogP contribution in [0.5, 0.6) is 0 Å². The number of aliphatic hydroxyl groups is 3. The van der Waals surface area contributed by atoms with Crippen molar-refractivity contribution in [3.8, 4) is 0 Å². The number of allylic oxidation sites excluding steroid dienone is 1. The molecule has 0 heterocycles. The normalized spacial score (nSPS) is 18.8. The Balaban J connectivity index is 1.98. The number of hydrogen-bond donors (Lipinski definition) is 3. The van der Waals surface area contributed by atoms with E-state index in [2.05, 4.69) is 20.8 Å². The van der Waals surface area contributed by atoms with Gasteiger partial charge in [-0.05, 0) is 37.5 Å². The molecule has 1 fully saturated rings. The maximum atomic E-state index is 12.5. The van der Waals surface area contributed by atoms with Crippen LogP contribution in [-0.2, 0) is 23.9 Å². The summed E-state index contributed by atoms with van der Waals surface area (Å²) in [7, 11) is 0. The van der Waals surface area contributed by atoms with Gasteiger partial charge in [0.2, 0.25) is 0 Å². The first-order valence-corrected chi connectivity index (χ1v) is 23.7. The molecule has 56 heavy (non-hydrogen) atoms. The minimum absolute atomic E-state index is 0.0345. The molecule has 1 rings (SSSR count). The summed E-state index contributed by atoms with van der Waals surface area (Å²) in [5.74, 6) is -0.282. The summed E-state index contributed by atoms with van der Waals surface area (Å²) in [6, 6.07) is 0. The molecule has 0 saturated heterocycles. The average molecular weight is 793 g/mol. The molecule has 8 heteroatoms. The Labute approximate surface area is 343 Å². The van der Waals surface area contributed by atoms with Crippen LogP contribution in [0, 0.1) is 17.8 Å². The molecule has 0 amide bonds. The molecule has 8 nitrogen and oxygen atoms in total. The first kappa shape index (κ1) is 52.2. The summed E-state index contributed by atoms with van der Waals surface area (Å²) in [6.45, 7) is 6.26. The Morgan fingerprint density at radius 3 is 1.70 bits per heavy atom. The summed E-state index contributed by atoms with van der Waals surface area (Å²) in [6.07, 6.45) is 36.1. The first-order chi connectivity index (χ1) is 27.2. The van der Waals surface area contributed by atoms with Crippen LogP contribution in [0.4, 0.5) is 0 Å². The zero-order valence-electron chi connectivity index (χ0n) is 36.5. The van der Waals surface area contributed by atoms with Gasteiger partial charge in [0.05, 0.1) is 18.8 Å². The van der Waals surface area contributed by atoms with Crippen LogP contribution in [0.25, 0.3) is 0 Å². The second-order valence-corrected chi connectivity index (χ2v) is 17.2. The lowest BCUT2D eigenvalue weighted by Gasteiger charge is -2.19. The summed E-state index contributed by atoms with van der Waals surface area (Å²) >= 11 is 0. The smallest absolute Gasteiger partial charge is 0.306 e. The number of ketones is 1. The molecule has 3 N–H and O–H groups in total. The first-order valence-electron chi connectivity index (χ1n) is 23.7. The van der Waals surface area contributed by atoms with Crippen LogP contribution < -0.4 is 0 Å². The van der Waals surface area contributed by atoms with E-state index in [-0.39, 0.29) is 43.0 Å². The topological polar surface area (TPSA) is 130 Å². The number of carbonyl (C=O) groups excluding carboxylic acids is 3. The molecule has 0 spiro atoms. The average Bonchev–Trinajstić information content (AvgIpc) is 3.46. The molecule has 0 radical (unpaired) electrons. The number of esters is 2. The number of Topliss-reactive ketones (excluding diaryl/α,β-unsaturated/α-hetero) is 1. The van der Waals surface area contributed by atoms with Gasteiger partial charge in [-0.15, -0.1) is 0 Å². The van der Waals surface area contributed by atoms with Crippen LogP contribution in [0.2, 0.25) is 0 Å². The Morgan fingerprint density at radius 1 is 0.696 bits per heavy atom. The second kappa shape index (κ2) is 36.3. The SMILES string of the molecule is CCCCC[C@H](O)/C=C/[C@H]1C(=O)C[C@H](O)[C@@H]1CCCCCCC(=O)O[C@@H](CO)COC(=O)CCCCCCCCCCCCCCCCCCCCC(C)CC. The van der Waals surface area contributed by atoms with E-state index in [1.807, 2.05) is 0 Å². The fourth-order valence-electron chi connectivity index (χ4n) is 7.97. The number of rotatable bonds is 39. The molecule has 6 atom stereocenters. The lowest BCUT2D eigenvalue weighted by atomic mass is 9.88. The van der Waals surface area contributed by atoms with Crippen LogP contribution in [0.3, 0.4) is 0 Å². The van der Waals surface area contributed by atoms with Crippen LogP contribution in [0.15, 0.2) is 12.2 Å². The van der Waals surface area contributed by atoms with Gasteiger partial charge in [0.1, 0.15) is 12.4 Å². The van der Waals surface area contributed by atoms with Crippen molar-refractivity contribution < 1.29 is 39.2 Å². The molecular weight excluding hydrogens is 705 g/mol. The van der Waals surface area contributed by atoms with Gasteiger partial charge < -0.3 is 24.8 Å². The summed E-state index contributed by atoms with van der Waals surface area (Å²) in [5.41, 5.74) is 0. The number of unbranched alkanes of at least 4 members (excludes halogenated alkanes) is 22. The minimum Gasteiger partial charge on any atom is -0.462 e. The Bertz CT molecular complexity index is 982. The summed E-state index contributed by atoms with van der Waals surface area (Å²) < 4.78 is 10.6. The minimum atomic E-state index is -0.855. The third-order valence-corrected chi connectivity index (χ3v) is 12.0. The number of carbonyl (C=O) groups is 3. The van der Waals surface area contributed by atoms with Gasteiger partial charge >= 0.3 is 11.9 Å². The van der Waals surface area contributed by atoms with Crippen molar-refractivity contribution in [3.63, 3.8) is 0 Å². The van der Waals surface area contributed by atoms with E-state index in [0.29, 0.717) is 19.3 Å². The maximum absolute atomic E-state index is 12.5. The predicted octanol–water partition coefficient (Wildman–Crippen LogP) is 11.7.